The molecule has 0 aliphatic heterocycles. The van der Waals surface area contributed by atoms with Crippen molar-refractivity contribution in [2.45, 2.75) is 6.04 Å². The van der Waals surface area contributed by atoms with Crippen LogP contribution in [-0.4, -0.2) is 7.05 Å². The van der Waals surface area contributed by atoms with Crippen molar-refractivity contribution in [1.82, 2.24) is 5.32 Å². The summed E-state index contributed by atoms with van der Waals surface area (Å²) in [4.78, 5) is 0. The molecule has 18 heavy (non-hydrogen) atoms. The topological polar surface area (TPSA) is 12.0 Å². The summed E-state index contributed by atoms with van der Waals surface area (Å²) in [6.45, 7) is 0. The van der Waals surface area contributed by atoms with Gasteiger partial charge >= 0.3 is 0 Å². The smallest absolute Gasteiger partial charge is 0.0585 e. The quantitative estimate of drug-likeness (QED) is 0.667. The second kappa shape index (κ2) is 6.37. The number of rotatable bonds is 3. The first kappa shape index (κ1) is 14.3. The van der Waals surface area contributed by atoms with Gasteiger partial charge in [-0.05, 0) is 71.1 Å². The lowest BCUT2D eigenvalue weighted by Crippen LogP contribution is -2.18. The van der Waals surface area contributed by atoms with Crippen LogP contribution in [0.1, 0.15) is 17.2 Å². The van der Waals surface area contributed by atoms with Crippen molar-refractivity contribution in [2.75, 3.05) is 7.05 Å². The zero-order chi connectivity index (χ0) is 13.1. The number of halogens is 3. The van der Waals surface area contributed by atoms with Gasteiger partial charge in [-0.25, -0.2) is 0 Å². The van der Waals surface area contributed by atoms with Crippen molar-refractivity contribution < 1.29 is 0 Å². The first-order valence-corrected chi connectivity index (χ1v) is 7.74. The van der Waals surface area contributed by atoms with Gasteiger partial charge in [0.05, 0.1) is 6.04 Å². The average Bonchev–Trinajstić information content (AvgIpc) is 2.37. The van der Waals surface area contributed by atoms with E-state index < -0.39 is 0 Å². The Morgan fingerprint density at radius 1 is 1.17 bits per heavy atom. The largest absolute Gasteiger partial charge is 0.309 e. The highest BCUT2D eigenvalue weighted by molar-refractivity contribution is 14.1. The van der Waals surface area contributed by atoms with Crippen LogP contribution >= 0.6 is 50.1 Å². The van der Waals surface area contributed by atoms with E-state index in [-0.39, 0.29) is 6.04 Å². The molecule has 0 spiro atoms. The monoisotopic (exact) mass is 435 g/mol. The Kier molecular flexibility index (Phi) is 5.06. The Morgan fingerprint density at radius 3 is 2.44 bits per heavy atom. The van der Waals surface area contributed by atoms with E-state index in [1.54, 1.807) is 0 Å². The Bertz CT molecular complexity index is 542. The summed E-state index contributed by atoms with van der Waals surface area (Å²) in [7, 11) is 1.96. The van der Waals surface area contributed by atoms with E-state index >= 15 is 0 Å². The van der Waals surface area contributed by atoms with Crippen molar-refractivity contribution in [2.24, 2.45) is 0 Å². The Balaban J connectivity index is 2.44. The minimum Gasteiger partial charge on any atom is -0.309 e. The van der Waals surface area contributed by atoms with Gasteiger partial charge in [-0.3, -0.25) is 0 Å². The van der Waals surface area contributed by atoms with Crippen LogP contribution in [0.2, 0.25) is 5.02 Å². The highest BCUT2D eigenvalue weighted by atomic mass is 127. The molecule has 0 aromatic heterocycles. The van der Waals surface area contributed by atoms with Crippen LogP contribution in [0.15, 0.2) is 46.9 Å². The molecule has 1 N–H and O–H groups in total. The van der Waals surface area contributed by atoms with Crippen LogP contribution in [0, 0.1) is 3.57 Å². The third-order valence-corrected chi connectivity index (χ3v) is 4.41. The zero-order valence-corrected chi connectivity index (χ0v) is 14.3. The summed E-state index contributed by atoms with van der Waals surface area (Å²) in [6, 6.07) is 14.4. The molecule has 0 radical (unpaired) electrons. The molecular weight excluding hydrogens is 424 g/mol. The molecule has 94 valence electrons. The summed E-state index contributed by atoms with van der Waals surface area (Å²) in [6.07, 6.45) is 0. The molecule has 1 unspecified atom stereocenters. The van der Waals surface area contributed by atoms with Crippen molar-refractivity contribution in [3.8, 4) is 0 Å². The third-order valence-electron chi connectivity index (χ3n) is 2.76. The Hall–Kier alpha value is -0.100. The fourth-order valence-corrected chi connectivity index (χ4v) is 3.01. The van der Waals surface area contributed by atoms with Gasteiger partial charge in [-0.1, -0.05) is 39.7 Å². The first-order valence-electron chi connectivity index (χ1n) is 5.49. The standard InChI is InChI=1S/C14H12BrClIN/c1-18-14(9-2-4-10(16)5-3-9)12-8-11(17)6-7-13(12)15/h2-8,14,18H,1H3. The van der Waals surface area contributed by atoms with Gasteiger partial charge < -0.3 is 5.32 Å². The van der Waals surface area contributed by atoms with Gasteiger partial charge in [0.25, 0.3) is 0 Å². The van der Waals surface area contributed by atoms with E-state index in [1.807, 2.05) is 19.2 Å². The van der Waals surface area contributed by atoms with E-state index in [1.165, 1.54) is 14.7 Å². The molecule has 0 aliphatic rings. The van der Waals surface area contributed by atoms with Gasteiger partial charge in [0.2, 0.25) is 0 Å². The summed E-state index contributed by atoms with van der Waals surface area (Å²) in [5.74, 6) is 0. The number of nitrogens with one attached hydrogen (secondary N) is 1. The SMILES string of the molecule is CNC(c1ccc(Cl)cc1)c1cc(I)ccc1Br. The maximum Gasteiger partial charge on any atom is 0.0585 e. The van der Waals surface area contributed by atoms with Crippen molar-refractivity contribution in [3.05, 3.63) is 66.7 Å². The van der Waals surface area contributed by atoms with Crippen LogP contribution < -0.4 is 5.32 Å². The van der Waals surface area contributed by atoms with Crippen molar-refractivity contribution in [1.29, 1.82) is 0 Å². The van der Waals surface area contributed by atoms with Gasteiger partial charge in [0.1, 0.15) is 0 Å². The summed E-state index contributed by atoms with van der Waals surface area (Å²) in [5.41, 5.74) is 2.43. The van der Waals surface area contributed by atoms with Crippen LogP contribution in [0.5, 0.6) is 0 Å². The lowest BCUT2D eigenvalue weighted by atomic mass is 9.99. The maximum atomic E-state index is 5.93. The van der Waals surface area contributed by atoms with E-state index in [2.05, 4.69) is 74.2 Å². The summed E-state index contributed by atoms with van der Waals surface area (Å²) >= 11 is 11.9. The predicted molar refractivity (Wildman–Crippen MR) is 89.2 cm³/mol. The Labute approximate surface area is 134 Å². The van der Waals surface area contributed by atoms with E-state index in [0.29, 0.717) is 0 Å². The molecule has 0 fully saturated rings. The van der Waals surface area contributed by atoms with E-state index in [4.69, 9.17) is 11.6 Å². The van der Waals surface area contributed by atoms with Crippen LogP contribution in [0.4, 0.5) is 0 Å². The second-order valence-corrected chi connectivity index (χ2v) is 6.48. The van der Waals surface area contributed by atoms with Gasteiger partial charge in [0.15, 0.2) is 0 Å². The normalized spacial score (nSPS) is 12.4. The van der Waals surface area contributed by atoms with E-state index in [0.717, 1.165) is 9.50 Å². The number of hydrogen-bond acceptors (Lipinski definition) is 1. The minimum atomic E-state index is 0.159. The second-order valence-electron chi connectivity index (χ2n) is 3.94. The van der Waals surface area contributed by atoms with Crippen molar-refractivity contribution in [3.63, 3.8) is 0 Å². The Morgan fingerprint density at radius 2 is 1.83 bits per heavy atom. The molecule has 0 amide bonds. The summed E-state index contributed by atoms with van der Waals surface area (Å²) < 4.78 is 2.33. The minimum absolute atomic E-state index is 0.159. The molecular formula is C14H12BrClIN. The van der Waals surface area contributed by atoms with Crippen molar-refractivity contribution >= 4 is 50.1 Å². The molecule has 0 saturated carbocycles. The van der Waals surface area contributed by atoms with Gasteiger partial charge in [0, 0.05) is 13.1 Å². The molecule has 2 aromatic carbocycles. The average molecular weight is 437 g/mol. The first-order chi connectivity index (χ1) is 8.61. The molecule has 2 rings (SSSR count). The molecule has 0 aliphatic carbocycles. The fourth-order valence-electron chi connectivity index (χ4n) is 1.89. The third kappa shape index (κ3) is 3.26. The zero-order valence-electron chi connectivity index (χ0n) is 9.75. The van der Waals surface area contributed by atoms with E-state index in [9.17, 15) is 0 Å². The van der Waals surface area contributed by atoms with Crippen LogP contribution in [0.3, 0.4) is 0 Å². The van der Waals surface area contributed by atoms with Crippen LogP contribution in [-0.2, 0) is 0 Å². The lowest BCUT2D eigenvalue weighted by molar-refractivity contribution is 0.688. The number of hydrogen-bond donors (Lipinski definition) is 1. The molecule has 4 heteroatoms. The maximum absolute atomic E-state index is 5.93. The van der Waals surface area contributed by atoms with Gasteiger partial charge in [-0.2, -0.15) is 0 Å². The van der Waals surface area contributed by atoms with Crippen LogP contribution in [0.25, 0.3) is 0 Å². The molecule has 0 saturated heterocycles. The highest BCUT2D eigenvalue weighted by Gasteiger charge is 2.15. The fraction of sp³-hybridized carbons (Fsp3) is 0.143. The molecule has 0 bridgehead atoms. The molecule has 1 nitrogen and oxygen atoms in total. The molecule has 0 heterocycles. The molecule has 2 aromatic rings. The highest BCUT2D eigenvalue weighted by Crippen LogP contribution is 2.30. The summed E-state index contributed by atoms with van der Waals surface area (Å²) in [5, 5.41) is 4.11. The van der Waals surface area contributed by atoms with Gasteiger partial charge in [-0.15, -0.1) is 0 Å². The lowest BCUT2D eigenvalue weighted by Gasteiger charge is -2.19. The molecule has 1 atom stereocenters. The number of benzene rings is 2. The predicted octanol–water partition coefficient (Wildman–Crippen LogP) is 5.02.